The summed E-state index contributed by atoms with van der Waals surface area (Å²) in [6.45, 7) is 3.55. The Labute approximate surface area is 87.4 Å². The molecule has 0 spiro atoms. The highest BCUT2D eigenvalue weighted by Gasteiger charge is 2.30. The molecule has 3 heteroatoms. The van der Waals surface area contributed by atoms with Crippen molar-refractivity contribution in [2.45, 2.75) is 50.6 Å². The Hall–Kier alpha value is -0.120. The first-order valence-electron chi connectivity index (χ1n) is 5.73. The average molecular weight is 200 g/mol. The Morgan fingerprint density at radius 2 is 2.07 bits per heavy atom. The fourth-order valence-electron chi connectivity index (χ4n) is 2.29. The van der Waals surface area contributed by atoms with Crippen molar-refractivity contribution in [3.05, 3.63) is 0 Å². The summed E-state index contributed by atoms with van der Waals surface area (Å²) in [6.07, 6.45) is 6.34. The van der Waals surface area contributed by atoms with E-state index < -0.39 is 0 Å². The molecular formula is C11H24N2O. The molecule has 0 heterocycles. The van der Waals surface area contributed by atoms with Gasteiger partial charge in [0.25, 0.3) is 0 Å². The van der Waals surface area contributed by atoms with Gasteiger partial charge in [0.15, 0.2) is 0 Å². The summed E-state index contributed by atoms with van der Waals surface area (Å²) in [5.74, 6) is 0. The number of nitrogens with one attached hydrogen (secondary N) is 1. The molecule has 3 nitrogen and oxygen atoms in total. The molecule has 0 aliphatic heterocycles. The third-order valence-corrected chi connectivity index (χ3v) is 3.35. The maximum atomic E-state index is 5.84. The van der Waals surface area contributed by atoms with Crippen LogP contribution in [0.3, 0.4) is 0 Å². The number of nitrogens with two attached hydrogens (primary N) is 1. The van der Waals surface area contributed by atoms with Crippen LogP contribution in [0, 0.1) is 0 Å². The largest absolute Gasteiger partial charge is 0.383 e. The van der Waals surface area contributed by atoms with Crippen LogP contribution in [0.5, 0.6) is 0 Å². The summed E-state index contributed by atoms with van der Waals surface area (Å²) >= 11 is 0. The van der Waals surface area contributed by atoms with E-state index >= 15 is 0 Å². The van der Waals surface area contributed by atoms with Crippen molar-refractivity contribution in [1.82, 2.24) is 5.32 Å². The minimum Gasteiger partial charge on any atom is -0.383 e. The predicted molar refractivity (Wildman–Crippen MR) is 59.3 cm³/mol. The van der Waals surface area contributed by atoms with E-state index in [0.29, 0.717) is 12.6 Å². The molecule has 1 aliphatic rings. The topological polar surface area (TPSA) is 47.3 Å². The van der Waals surface area contributed by atoms with Crippen LogP contribution >= 0.6 is 0 Å². The standard InChI is InChI=1S/C11H24N2O/c1-3-11(8-12,9-14-2)13-10-6-4-5-7-10/h10,13H,3-9,12H2,1-2H3. The number of hydrogen-bond donors (Lipinski definition) is 2. The summed E-state index contributed by atoms with van der Waals surface area (Å²) in [5, 5.41) is 3.68. The number of methoxy groups -OCH3 is 1. The van der Waals surface area contributed by atoms with Gasteiger partial charge in [-0.05, 0) is 19.3 Å². The Morgan fingerprint density at radius 1 is 1.43 bits per heavy atom. The third kappa shape index (κ3) is 2.94. The Balaban J connectivity index is 2.47. The van der Waals surface area contributed by atoms with Gasteiger partial charge < -0.3 is 15.8 Å². The van der Waals surface area contributed by atoms with Gasteiger partial charge in [-0.1, -0.05) is 19.8 Å². The van der Waals surface area contributed by atoms with E-state index in [1.807, 2.05) is 0 Å². The first-order chi connectivity index (χ1) is 6.76. The smallest absolute Gasteiger partial charge is 0.0656 e. The van der Waals surface area contributed by atoms with Crippen LogP contribution in [0.2, 0.25) is 0 Å². The maximum absolute atomic E-state index is 5.84. The van der Waals surface area contributed by atoms with Crippen molar-refractivity contribution < 1.29 is 4.74 Å². The Kier molecular flexibility index (Phi) is 4.85. The Morgan fingerprint density at radius 3 is 2.50 bits per heavy atom. The molecule has 1 fully saturated rings. The number of rotatable bonds is 6. The predicted octanol–water partition coefficient (Wildman–Crippen LogP) is 1.27. The summed E-state index contributed by atoms with van der Waals surface area (Å²) in [7, 11) is 1.75. The highest BCUT2D eigenvalue weighted by molar-refractivity contribution is 4.92. The second kappa shape index (κ2) is 5.69. The van der Waals surface area contributed by atoms with Crippen LogP contribution in [0.1, 0.15) is 39.0 Å². The summed E-state index contributed by atoms with van der Waals surface area (Å²) in [5.41, 5.74) is 5.84. The van der Waals surface area contributed by atoms with E-state index in [4.69, 9.17) is 10.5 Å². The first-order valence-corrected chi connectivity index (χ1v) is 5.73. The second-order valence-corrected chi connectivity index (χ2v) is 4.40. The highest BCUT2D eigenvalue weighted by atomic mass is 16.5. The van der Waals surface area contributed by atoms with Gasteiger partial charge in [-0.15, -0.1) is 0 Å². The van der Waals surface area contributed by atoms with Gasteiger partial charge in [0, 0.05) is 19.7 Å². The molecule has 0 saturated heterocycles. The molecule has 3 N–H and O–H groups in total. The van der Waals surface area contributed by atoms with Gasteiger partial charge in [-0.25, -0.2) is 0 Å². The van der Waals surface area contributed by atoms with Crippen molar-refractivity contribution in [3.63, 3.8) is 0 Å². The lowest BCUT2D eigenvalue weighted by Gasteiger charge is -2.35. The molecule has 1 rings (SSSR count). The maximum Gasteiger partial charge on any atom is 0.0656 e. The fourth-order valence-corrected chi connectivity index (χ4v) is 2.29. The molecule has 1 atom stereocenters. The first kappa shape index (κ1) is 12.0. The molecule has 1 aliphatic carbocycles. The third-order valence-electron chi connectivity index (χ3n) is 3.35. The van der Waals surface area contributed by atoms with E-state index in [0.717, 1.165) is 13.0 Å². The molecular weight excluding hydrogens is 176 g/mol. The van der Waals surface area contributed by atoms with E-state index in [-0.39, 0.29) is 5.54 Å². The van der Waals surface area contributed by atoms with Crippen molar-refractivity contribution >= 4 is 0 Å². The summed E-state index contributed by atoms with van der Waals surface area (Å²) < 4.78 is 5.26. The molecule has 14 heavy (non-hydrogen) atoms. The molecule has 1 unspecified atom stereocenters. The van der Waals surface area contributed by atoms with Crippen molar-refractivity contribution in [1.29, 1.82) is 0 Å². The lowest BCUT2D eigenvalue weighted by molar-refractivity contribution is 0.101. The van der Waals surface area contributed by atoms with Crippen LogP contribution < -0.4 is 11.1 Å². The van der Waals surface area contributed by atoms with Gasteiger partial charge in [0.1, 0.15) is 0 Å². The van der Waals surface area contributed by atoms with Gasteiger partial charge in [0.05, 0.1) is 12.1 Å². The average Bonchev–Trinajstić information content (AvgIpc) is 2.69. The quantitative estimate of drug-likeness (QED) is 0.679. The molecule has 0 bridgehead atoms. The van der Waals surface area contributed by atoms with Crippen LogP contribution in [0.4, 0.5) is 0 Å². The molecule has 0 aromatic heterocycles. The van der Waals surface area contributed by atoms with Crippen molar-refractivity contribution in [3.8, 4) is 0 Å². The normalized spacial score (nSPS) is 22.5. The molecule has 1 saturated carbocycles. The second-order valence-electron chi connectivity index (χ2n) is 4.40. The molecule has 0 amide bonds. The lowest BCUT2D eigenvalue weighted by Crippen LogP contribution is -2.57. The number of hydrogen-bond acceptors (Lipinski definition) is 3. The van der Waals surface area contributed by atoms with E-state index in [1.54, 1.807) is 7.11 Å². The highest BCUT2D eigenvalue weighted by Crippen LogP contribution is 2.21. The van der Waals surface area contributed by atoms with E-state index in [2.05, 4.69) is 12.2 Å². The fraction of sp³-hybridized carbons (Fsp3) is 1.00. The van der Waals surface area contributed by atoms with Crippen LogP contribution in [0.15, 0.2) is 0 Å². The molecule has 84 valence electrons. The summed E-state index contributed by atoms with van der Waals surface area (Å²) in [6, 6.07) is 0.661. The van der Waals surface area contributed by atoms with Gasteiger partial charge in [-0.3, -0.25) is 0 Å². The SMILES string of the molecule is CCC(CN)(COC)NC1CCCC1. The van der Waals surface area contributed by atoms with Gasteiger partial charge in [-0.2, -0.15) is 0 Å². The zero-order valence-electron chi connectivity index (χ0n) is 9.51. The monoisotopic (exact) mass is 200 g/mol. The molecule has 0 radical (unpaired) electrons. The lowest BCUT2D eigenvalue weighted by atomic mass is 9.95. The Bertz CT molecular complexity index is 151. The molecule has 0 aromatic carbocycles. The summed E-state index contributed by atoms with van der Waals surface area (Å²) in [4.78, 5) is 0. The van der Waals surface area contributed by atoms with Gasteiger partial charge in [0.2, 0.25) is 0 Å². The molecule has 0 aromatic rings. The van der Waals surface area contributed by atoms with E-state index in [9.17, 15) is 0 Å². The zero-order chi connectivity index (χ0) is 10.4. The zero-order valence-corrected chi connectivity index (χ0v) is 9.51. The van der Waals surface area contributed by atoms with Crippen LogP contribution in [-0.4, -0.2) is 31.8 Å². The van der Waals surface area contributed by atoms with E-state index in [1.165, 1.54) is 25.7 Å². The van der Waals surface area contributed by atoms with Crippen LogP contribution in [0.25, 0.3) is 0 Å². The van der Waals surface area contributed by atoms with Crippen molar-refractivity contribution in [2.24, 2.45) is 5.73 Å². The number of ether oxygens (including phenoxy) is 1. The van der Waals surface area contributed by atoms with Crippen LogP contribution in [-0.2, 0) is 4.74 Å². The minimum absolute atomic E-state index is 0.00373. The minimum atomic E-state index is 0.00373. The van der Waals surface area contributed by atoms with Gasteiger partial charge >= 0.3 is 0 Å². The van der Waals surface area contributed by atoms with Crippen molar-refractivity contribution in [2.75, 3.05) is 20.3 Å².